The van der Waals surface area contributed by atoms with Gasteiger partial charge in [0.2, 0.25) is 0 Å². The molecule has 2 unspecified atom stereocenters. The molecule has 2 atom stereocenters. The molecule has 0 saturated heterocycles. The van der Waals surface area contributed by atoms with Crippen LogP contribution in [-0.4, -0.2) is 22.3 Å². The third-order valence-corrected chi connectivity index (χ3v) is 5.45. The average molecular weight is 289 g/mol. The van der Waals surface area contributed by atoms with Gasteiger partial charge < -0.3 is 9.84 Å². The zero-order valence-electron chi connectivity index (χ0n) is 13.3. The van der Waals surface area contributed by atoms with E-state index in [-0.39, 0.29) is 17.6 Å². The van der Waals surface area contributed by atoms with Crippen LogP contribution in [0.2, 0.25) is 0 Å². The van der Waals surface area contributed by atoms with Crippen molar-refractivity contribution < 1.29 is 9.84 Å². The zero-order chi connectivity index (χ0) is 14.9. The fourth-order valence-corrected chi connectivity index (χ4v) is 4.05. The molecule has 1 spiro atoms. The third-order valence-electron chi connectivity index (χ3n) is 5.45. The fraction of sp³-hybridized carbons (Fsp3) is 0.722. The van der Waals surface area contributed by atoms with Gasteiger partial charge in [0, 0.05) is 17.5 Å². The highest BCUT2D eigenvalue weighted by atomic mass is 16.5. The number of hydrogen-bond donors (Lipinski definition) is 1. The monoisotopic (exact) mass is 289 g/mol. The molecule has 0 amide bonds. The van der Waals surface area contributed by atoms with Crippen LogP contribution in [0.25, 0.3) is 0 Å². The fourth-order valence-electron chi connectivity index (χ4n) is 4.05. The molecule has 3 nitrogen and oxygen atoms in total. The summed E-state index contributed by atoms with van der Waals surface area (Å²) in [5, 5.41) is 10.4. The van der Waals surface area contributed by atoms with E-state index in [2.05, 4.69) is 18.0 Å². The molecule has 2 aliphatic carbocycles. The lowest BCUT2D eigenvalue weighted by molar-refractivity contribution is -0.163. The summed E-state index contributed by atoms with van der Waals surface area (Å²) < 4.78 is 6.32. The first-order chi connectivity index (χ1) is 10.2. The van der Waals surface area contributed by atoms with Crippen LogP contribution in [0.4, 0.5) is 0 Å². The van der Waals surface area contributed by atoms with Crippen molar-refractivity contribution in [3.63, 3.8) is 0 Å². The second kappa shape index (κ2) is 5.96. The highest BCUT2D eigenvalue weighted by Crippen LogP contribution is 2.52. The van der Waals surface area contributed by atoms with Crippen LogP contribution in [0.1, 0.15) is 63.3 Å². The van der Waals surface area contributed by atoms with Gasteiger partial charge in [-0.1, -0.05) is 32.6 Å². The van der Waals surface area contributed by atoms with Crippen molar-refractivity contribution >= 4 is 0 Å². The van der Waals surface area contributed by atoms with Crippen molar-refractivity contribution in [2.45, 2.75) is 77.4 Å². The number of nitrogens with zero attached hydrogens (tertiary/aromatic N) is 1. The van der Waals surface area contributed by atoms with Gasteiger partial charge in [0.1, 0.15) is 11.9 Å². The Hall–Kier alpha value is -1.09. The molecular weight excluding hydrogens is 262 g/mol. The SMILES string of the molecule is CCc1nc(C)ccc1OC1CC(O)C12CCCCCC2. The lowest BCUT2D eigenvalue weighted by atomic mass is 9.59. The molecule has 0 radical (unpaired) electrons. The van der Waals surface area contributed by atoms with Gasteiger partial charge in [-0.25, -0.2) is 0 Å². The van der Waals surface area contributed by atoms with E-state index >= 15 is 0 Å². The molecule has 2 aliphatic rings. The van der Waals surface area contributed by atoms with Crippen LogP contribution in [0.5, 0.6) is 5.75 Å². The number of aryl methyl sites for hydroxylation is 2. The van der Waals surface area contributed by atoms with E-state index in [1.807, 2.05) is 13.0 Å². The summed E-state index contributed by atoms with van der Waals surface area (Å²) in [6.07, 6.45) is 8.92. The maximum Gasteiger partial charge on any atom is 0.141 e. The minimum Gasteiger partial charge on any atom is -0.488 e. The largest absolute Gasteiger partial charge is 0.488 e. The number of aliphatic hydroxyl groups excluding tert-OH is 1. The van der Waals surface area contributed by atoms with E-state index in [0.717, 1.165) is 42.8 Å². The zero-order valence-corrected chi connectivity index (χ0v) is 13.3. The normalized spacial score (nSPS) is 28.0. The molecule has 1 aromatic rings. The van der Waals surface area contributed by atoms with Crippen LogP contribution in [0, 0.1) is 12.3 Å². The van der Waals surface area contributed by atoms with Crippen LogP contribution in [-0.2, 0) is 6.42 Å². The second-order valence-electron chi connectivity index (χ2n) is 6.76. The molecule has 1 N–H and O–H groups in total. The maximum absolute atomic E-state index is 10.4. The van der Waals surface area contributed by atoms with Crippen LogP contribution in [0.15, 0.2) is 12.1 Å². The molecule has 1 heterocycles. The van der Waals surface area contributed by atoms with E-state index in [1.54, 1.807) is 0 Å². The summed E-state index contributed by atoms with van der Waals surface area (Å²) in [4.78, 5) is 4.59. The third kappa shape index (κ3) is 2.68. The summed E-state index contributed by atoms with van der Waals surface area (Å²) in [7, 11) is 0. The Labute approximate surface area is 127 Å². The van der Waals surface area contributed by atoms with Crippen molar-refractivity contribution in [2.24, 2.45) is 5.41 Å². The average Bonchev–Trinajstić information content (AvgIpc) is 2.76. The van der Waals surface area contributed by atoms with E-state index in [4.69, 9.17) is 4.74 Å². The van der Waals surface area contributed by atoms with Gasteiger partial charge in [-0.15, -0.1) is 0 Å². The van der Waals surface area contributed by atoms with E-state index < -0.39 is 0 Å². The Morgan fingerprint density at radius 1 is 1.24 bits per heavy atom. The molecule has 3 heteroatoms. The summed E-state index contributed by atoms with van der Waals surface area (Å²) in [6.45, 7) is 4.13. The second-order valence-corrected chi connectivity index (χ2v) is 6.76. The first-order valence-corrected chi connectivity index (χ1v) is 8.47. The molecule has 21 heavy (non-hydrogen) atoms. The molecule has 0 aliphatic heterocycles. The Kier molecular flexibility index (Phi) is 4.21. The first kappa shape index (κ1) is 14.8. The Morgan fingerprint density at radius 3 is 2.57 bits per heavy atom. The van der Waals surface area contributed by atoms with Gasteiger partial charge in [-0.3, -0.25) is 4.98 Å². The van der Waals surface area contributed by atoms with E-state index in [9.17, 15) is 5.11 Å². The summed E-state index contributed by atoms with van der Waals surface area (Å²) in [6, 6.07) is 4.07. The molecule has 3 rings (SSSR count). The van der Waals surface area contributed by atoms with Gasteiger partial charge in [-0.05, 0) is 38.3 Å². The number of hydrogen-bond acceptors (Lipinski definition) is 3. The van der Waals surface area contributed by atoms with Gasteiger partial charge in [0.25, 0.3) is 0 Å². The van der Waals surface area contributed by atoms with Crippen molar-refractivity contribution in [1.29, 1.82) is 0 Å². The first-order valence-electron chi connectivity index (χ1n) is 8.47. The van der Waals surface area contributed by atoms with Gasteiger partial charge >= 0.3 is 0 Å². The standard InChI is InChI=1S/C18H27NO2/c1-3-14-15(9-8-13(2)19-14)21-17-12-16(20)18(17)10-6-4-5-7-11-18/h8-9,16-17,20H,3-7,10-12H2,1-2H3. The van der Waals surface area contributed by atoms with Crippen molar-refractivity contribution in [3.8, 4) is 5.75 Å². The van der Waals surface area contributed by atoms with Crippen LogP contribution < -0.4 is 4.74 Å². The number of ether oxygens (including phenoxy) is 1. The highest BCUT2D eigenvalue weighted by Gasteiger charge is 2.55. The Bertz CT molecular complexity index is 492. The quantitative estimate of drug-likeness (QED) is 0.920. The maximum atomic E-state index is 10.4. The lowest BCUT2D eigenvalue weighted by Crippen LogP contribution is -2.59. The van der Waals surface area contributed by atoms with Gasteiger partial charge in [0.15, 0.2) is 0 Å². The molecule has 0 aromatic carbocycles. The minimum absolute atomic E-state index is 0.00635. The number of aromatic nitrogens is 1. The van der Waals surface area contributed by atoms with Gasteiger partial charge in [0.05, 0.1) is 11.8 Å². The van der Waals surface area contributed by atoms with Crippen molar-refractivity contribution in [1.82, 2.24) is 4.98 Å². The number of aliphatic hydroxyl groups is 1. The molecule has 0 bridgehead atoms. The van der Waals surface area contributed by atoms with Crippen LogP contribution in [0.3, 0.4) is 0 Å². The Balaban J connectivity index is 1.78. The predicted octanol–water partition coefficient (Wildman–Crippen LogP) is 3.81. The predicted molar refractivity (Wildman–Crippen MR) is 83.5 cm³/mol. The van der Waals surface area contributed by atoms with E-state index in [0.29, 0.717) is 0 Å². The van der Waals surface area contributed by atoms with E-state index in [1.165, 1.54) is 25.7 Å². The molecular formula is C18H27NO2. The summed E-state index contributed by atoms with van der Waals surface area (Å²) >= 11 is 0. The van der Waals surface area contributed by atoms with Crippen molar-refractivity contribution in [2.75, 3.05) is 0 Å². The molecule has 2 saturated carbocycles. The molecule has 1 aromatic heterocycles. The molecule has 116 valence electrons. The topological polar surface area (TPSA) is 42.4 Å². The van der Waals surface area contributed by atoms with Crippen molar-refractivity contribution in [3.05, 3.63) is 23.5 Å². The Morgan fingerprint density at radius 2 is 1.95 bits per heavy atom. The lowest BCUT2D eigenvalue weighted by Gasteiger charge is -2.53. The smallest absolute Gasteiger partial charge is 0.141 e. The summed E-state index contributed by atoms with van der Waals surface area (Å²) in [5.41, 5.74) is 2.09. The minimum atomic E-state index is -0.177. The summed E-state index contributed by atoms with van der Waals surface area (Å²) in [5.74, 6) is 0.920. The van der Waals surface area contributed by atoms with Crippen LogP contribution >= 0.6 is 0 Å². The number of rotatable bonds is 3. The number of pyridine rings is 1. The molecule has 2 fully saturated rings. The highest BCUT2D eigenvalue weighted by molar-refractivity contribution is 5.30. The van der Waals surface area contributed by atoms with Gasteiger partial charge in [-0.2, -0.15) is 0 Å².